The van der Waals surface area contributed by atoms with E-state index in [-0.39, 0.29) is 17.1 Å². The maximum atomic E-state index is 12.1. The number of aromatic amines is 1. The third-order valence-corrected chi connectivity index (χ3v) is 4.55. The number of aromatic nitrogens is 2. The number of H-pyrrole nitrogens is 1. The van der Waals surface area contributed by atoms with Gasteiger partial charge in [0.05, 0.1) is 28.5 Å². The summed E-state index contributed by atoms with van der Waals surface area (Å²) < 4.78 is 24.3. The van der Waals surface area contributed by atoms with Gasteiger partial charge in [-0.3, -0.25) is 9.89 Å². The molecule has 0 aliphatic carbocycles. The minimum atomic E-state index is -3.13. The molecule has 1 aromatic heterocycles. The van der Waals surface area contributed by atoms with Crippen molar-refractivity contribution in [2.75, 3.05) is 0 Å². The zero-order valence-electron chi connectivity index (χ0n) is 9.80. The van der Waals surface area contributed by atoms with Gasteiger partial charge in [-0.05, 0) is 19.1 Å². The summed E-state index contributed by atoms with van der Waals surface area (Å²) in [5.41, 5.74) is 2.44. The number of fused-ring (bicyclic) bond motifs is 1. The van der Waals surface area contributed by atoms with Crippen LogP contribution in [0.3, 0.4) is 0 Å². The Morgan fingerprint density at radius 3 is 2.44 bits per heavy atom. The molecule has 0 unspecified atom stereocenters. The lowest BCUT2D eigenvalue weighted by Crippen LogP contribution is -2.18. The lowest BCUT2D eigenvalue weighted by molar-refractivity contribution is 0.596. The highest BCUT2D eigenvalue weighted by molar-refractivity contribution is 7.90. The molecule has 0 atom stereocenters. The van der Waals surface area contributed by atoms with Crippen LogP contribution in [0.4, 0.5) is 0 Å². The second-order valence-electron chi connectivity index (χ2n) is 4.58. The Bertz CT molecular complexity index is 767. The predicted octanol–water partition coefficient (Wildman–Crippen LogP) is 0.902. The second kappa shape index (κ2) is 3.58. The maximum Gasteiger partial charge on any atom is 0.275 e. The summed E-state index contributed by atoms with van der Waals surface area (Å²) in [5.74, 6) is -0.229. The Kier molecular flexibility index (Phi) is 2.25. The van der Waals surface area contributed by atoms with Gasteiger partial charge in [0.1, 0.15) is 0 Å². The lowest BCUT2D eigenvalue weighted by atomic mass is 10.2. The molecule has 0 fully saturated rings. The molecular weight excluding hydrogens is 252 g/mol. The van der Waals surface area contributed by atoms with Crippen LogP contribution in [0.15, 0.2) is 29.1 Å². The molecule has 1 aromatic carbocycles. The summed E-state index contributed by atoms with van der Waals surface area (Å²) in [7, 11) is -3.13. The number of aryl methyl sites for hydroxylation is 1. The molecule has 2 aromatic rings. The highest BCUT2D eigenvalue weighted by Gasteiger charge is 2.30. The summed E-state index contributed by atoms with van der Waals surface area (Å²) in [6, 6.07) is 7.47. The molecule has 1 N–H and O–H groups in total. The summed E-state index contributed by atoms with van der Waals surface area (Å²) in [6.07, 6.45) is 0. The quantitative estimate of drug-likeness (QED) is 0.832. The normalized spacial score (nSPS) is 16.7. The molecular formula is C12H12N2O3S. The molecule has 0 spiro atoms. The fourth-order valence-electron chi connectivity index (χ4n) is 2.15. The van der Waals surface area contributed by atoms with Gasteiger partial charge in [-0.15, -0.1) is 0 Å². The average Bonchev–Trinajstić information content (AvgIpc) is 2.75. The van der Waals surface area contributed by atoms with Gasteiger partial charge in [-0.25, -0.2) is 13.1 Å². The molecule has 5 nitrogen and oxygen atoms in total. The van der Waals surface area contributed by atoms with E-state index in [9.17, 15) is 13.2 Å². The zero-order valence-corrected chi connectivity index (χ0v) is 10.6. The van der Waals surface area contributed by atoms with Crippen LogP contribution < -0.4 is 5.56 Å². The van der Waals surface area contributed by atoms with E-state index in [1.165, 1.54) is 4.68 Å². The highest BCUT2D eigenvalue weighted by atomic mass is 32.2. The molecule has 3 rings (SSSR count). The first-order valence-electron chi connectivity index (χ1n) is 5.56. The Morgan fingerprint density at radius 2 is 1.83 bits per heavy atom. The van der Waals surface area contributed by atoms with Crippen LogP contribution in [0, 0.1) is 6.92 Å². The standard InChI is InChI=1S/C12H12N2O3S/c1-8-2-4-9(5-3-8)14-12(15)10-6-18(16,17)7-11(10)13-14/h2-5,13H,6-7H2,1H3. The van der Waals surface area contributed by atoms with Crippen LogP contribution in [0.25, 0.3) is 5.69 Å². The molecule has 6 heteroatoms. The van der Waals surface area contributed by atoms with Gasteiger partial charge in [-0.1, -0.05) is 17.7 Å². The van der Waals surface area contributed by atoms with Crippen molar-refractivity contribution in [3.63, 3.8) is 0 Å². The smallest absolute Gasteiger partial charge is 0.275 e. The molecule has 1 aliphatic rings. The van der Waals surface area contributed by atoms with E-state index in [4.69, 9.17) is 0 Å². The number of sulfone groups is 1. The number of hydrogen-bond donors (Lipinski definition) is 1. The van der Waals surface area contributed by atoms with Crippen LogP contribution in [0.2, 0.25) is 0 Å². The van der Waals surface area contributed by atoms with Gasteiger partial charge >= 0.3 is 0 Å². The van der Waals surface area contributed by atoms with Gasteiger partial charge in [0.25, 0.3) is 5.56 Å². The first-order chi connectivity index (χ1) is 8.46. The van der Waals surface area contributed by atoms with Gasteiger partial charge < -0.3 is 0 Å². The van der Waals surface area contributed by atoms with Gasteiger partial charge in [0.2, 0.25) is 0 Å². The van der Waals surface area contributed by atoms with E-state index in [1.807, 2.05) is 31.2 Å². The SMILES string of the molecule is Cc1ccc(-n2[nH]c3c(c2=O)CS(=O)(=O)C3)cc1. The third kappa shape index (κ3) is 1.69. The Hall–Kier alpha value is -1.82. The van der Waals surface area contributed by atoms with Crippen molar-refractivity contribution >= 4 is 9.84 Å². The van der Waals surface area contributed by atoms with E-state index >= 15 is 0 Å². The maximum absolute atomic E-state index is 12.1. The number of rotatable bonds is 1. The summed E-state index contributed by atoms with van der Waals surface area (Å²) in [5, 5.41) is 2.88. The van der Waals surface area contributed by atoms with Crippen molar-refractivity contribution in [2.45, 2.75) is 18.4 Å². The van der Waals surface area contributed by atoms with Crippen molar-refractivity contribution in [1.29, 1.82) is 0 Å². The predicted molar refractivity (Wildman–Crippen MR) is 67.5 cm³/mol. The zero-order chi connectivity index (χ0) is 12.9. The van der Waals surface area contributed by atoms with Crippen LogP contribution >= 0.6 is 0 Å². The molecule has 18 heavy (non-hydrogen) atoms. The van der Waals surface area contributed by atoms with E-state index < -0.39 is 9.84 Å². The van der Waals surface area contributed by atoms with Crippen molar-refractivity contribution in [1.82, 2.24) is 9.78 Å². The first-order valence-corrected chi connectivity index (χ1v) is 7.39. The number of nitrogens with one attached hydrogen (secondary N) is 1. The molecule has 0 saturated carbocycles. The van der Waals surface area contributed by atoms with E-state index in [0.29, 0.717) is 11.3 Å². The van der Waals surface area contributed by atoms with Crippen molar-refractivity contribution in [3.05, 3.63) is 51.4 Å². The van der Waals surface area contributed by atoms with Crippen LogP contribution in [-0.4, -0.2) is 18.2 Å². The number of hydrogen-bond acceptors (Lipinski definition) is 3. The largest absolute Gasteiger partial charge is 0.294 e. The first kappa shape index (κ1) is 11.3. The van der Waals surface area contributed by atoms with Gasteiger partial charge in [0, 0.05) is 0 Å². The number of benzene rings is 1. The van der Waals surface area contributed by atoms with E-state index in [0.717, 1.165) is 11.3 Å². The Morgan fingerprint density at radius 1 is 1.17 bits per heavy atom. The van der Waals surface area contributed by atoms with E-state index in [2.05, 4.69) is 5.10 Å². The molecule has 0 bridgehead atoms. The van der Waals surface area contributed by atoms with Crippen LogP contribution in [-0.2, 0) is 21.3 Å². The second-order valence-corrected chi connectivity index (χ2v) is 6.64. The van der Waals surface area contributed by atoms with Gasteiger partial charge in [0.15, 0.2) is 9.84 Å². The minimum Gasteiger partial charge on any atom is -0.294 e. The highest BCUT2D eigenvalue weighted by Crippen LogP contribution is 2.21. The Labute approximate surface area is 104 Å². The molecule has 0 saturated heterocycles. The molecule has 1 aliphatic heterocycles. The monoisotopic (exact) mass is 264 g/mol. The fourth-order valence-corrected chi connectivity index (χ4v) is 3.67. The minimum absolute atomic E-state index is 0.0730. The third-order valence-electron chi connectivity index (χ3n) is 3.09. The van der Waals surface area contributed by atoms with Gasteiger partial charge in [-0.2, -0.15) is 0 Å². The summed E-state index contributed by atoms with van der Waals surface area (Å²) in [6.45, 7) is 1.97. The molecule has 0 radical (unpaired) electrons. The topological polar surface area (TPSA) is 71.9 Å². The van der Waals surface area contributed by atoms with Crippen molar-refractivity contribution < 1.29 is 8.42 Å². The lowest BCUT2D eigenvalue weighted by Gasteiger charge is -2.02. The molecule has 2 heterocycles. The summed E-state index contributed by atoms with van der Waals surface area (Å²) in [4.78, 5) is 12.1. The van der Waals surface area contributed by atoms with Crippen molar-refractivity contribution in [3.8, 4) is 5.69 Å². The number of nitrogens with zero attached hydrogens (tertiary/aromatic N) is 1. The average molecular weight is 264 g/mol. The van der Waals surface area contributed by atoms with Crippen LogP contribution in [0.1, 0.15) is 16.8 Å². The molecule has 94 valence electrons. The van der Waals surface area contributed by atoms with Crippen LogP contribution in [0.5, 0.6) is 0 Å². The molecule has 0 amide bonds. The Balaban J connectivity index is 2.13. The summed E-state index contributed by atoms with van der Waals surface area (Å²) >= 11 is 0. The fraction of sp³-hybridized carbons (Fsp3) is 0.250. The van der Waals surface area contributed by atoms with E-state index in [1.54, 1.807) is 0 Å². The van der Waals surface area contributed by atoms with Crippen molar-refractivity contribution in [2.24, 2.45) is 0 Å².